The minimum Gasteiger partial charge on any atom is -0.315 e. The highest BCUT2D eigenvalue weighted by molar-refractivity contribution is 5.18. The fourth-order valence-corrected chi connectivity index (χ4v) is 1.39. The molecule has 1 N–H and O–H groups in total. The average molecular weight is 213 g/mol. The van der Waals surface area contributed by atoms with Crippen molar-refractivity contribution in [1.82, 2.24) is 5.32 Å². The molecule has 0 radical (unpaired) electrons. The molecule has 0 spiro atoms. The molecule has 1 nitrogen and oxygen atoms in total. The van der Waals surface area contributed by atoms with Crippen LogP contribution in [0.4, 0.5) is 8.78 Å². The number of hydrogen-bond donors (Lipinski definition) is 1. The van der Waals surface area contributed by atoms with E-state index in [1.807, 2.05) is 0 Å². The predicted molar refractivity (Wildman–Crippen MR) is 57.8 cm³/mol. The van der Waals surface area contributed by atoms with Crippen LogP contribution < -0.4 is 5.32 Å². The first-order valence-electron chi connectivity index (χ1n) is 5.27. The standard InChI is InChI=1S/C12H17F2N/c1-9(2)15-7-3-4-10-5-6-11(13)8-12(10)14/h5-6,8-9,15H,3-4,7H2,1-2H3. The van der Waals surface area contributed by atoms with Crippen LogP contribution in [-0.2, 0) is 6.42 Å². The predicted octanol–water partition coefficient (Wildman–Crippen LogP) is 2.90. The summed E-state index contributed by atoms with van der Waals surface area (Å²) in [6, 6.07) is 4.20. The Morgan fingerprint density at radius 1 is 1.27 bits per heavy atom. The summed E-state index contributed by atoms with van der Waals surface area (Å²) in [7, 11) is 0. The van der Waals surface area contributed by atoms with E-state index in [9.17, 15) is 8.78 Å². The van der Waals surface area contributed by atoms with Crippen molar-refractivity contribution >= 4 is 0 Å². The number of aryl methyl sites for hydroxylation is 1. The number of benzene rings is 1. The zero-order chi connectivity index (χ0) is 11.3. The molecular formula is C12H17F2N. The normalized spacial score (nSPS) is 11.0. The molecule has 0 atom stereocenters. The van der Waals surface area contributed by atoms with E-state index in [-0.39, 0.29) is 0 Å². The van der Waals surface area contributed by atoms with Crippen molar-refractivity contribution in [2.45, 2.75) is 32.7 Å². The SMILES string of the molecule is CC(C)NCCCc1ccc(F)cc1F. The molecule has 0 unspecified atom stereocenters. The molecule has 0 heterocycles. The van der Waals surface area contributed by atoms with Gasteiger partial charge in [0.15, 0.2) is 0 Å². The monoisotopic (exact) mass is 213 g/mol. The number of hydrogen-bond acceptors (Lipinski definition) is 1. The van der Waals surface area contributed by atoms with Gasteiger partial charge in [-0.25, -0.2) is 8.78 Å². The van der Waals surface area contributed by atoms with Gasteiger partial charge < -0.3 is 5.32 Å². The Bertz CT molecular complexity index is 310. The van der Waals surface area contributed by atoms with Crippen LogP contribution in [0.5, 0.6) is 0 Å². The molecule has 0 aliphatic heterocycles. The second-order valence-corrected chi connectivity index (χ2v) is 3.95. The van der Waals surface area contributed by atoms with Crippen LogP contribution in [0, 0.1) is 11.6 Å². The summed E-state index contributed by atoms with van der Waals surface area (Å²) in [5.41, 5.74) is 0.585. The van der Waals surface area contributed by atoms with E-state index in [2.05, 4.69) is 19.2 Å². The van der Waals surface area contributed by atoms with Gasteiger partial charge in [-0.3, -0.25) is 0 Å². The maximum Gasteiger partial charge on any atom is 0.129 e. The van der Waals surface area contributed by atoms with Crippen LogP contribution in [0.25, 0.3) is 0 Å². The van der Waals surface area contributed by atoms with E-state index >= 15 is 0 Å². The zero-order valence-electron chi connectivity index (χ0n) is 9.19. The molecule has 1 aromatic rings. The molecule has 0 bridgehead atoms. The summed E-state index contributed by atoms with van der Waals surface area (Å²) >= 11 is 0. The van der Waals surface area contributed by atoms with Gasteiger partial charge in [-0.15, -0.1) is 0 Å². The molecule has 1 aromatic carbocycles. The summed E-state index contributed by atoms with van der Waals surface area (Å²) in [5, 5.41) is 3.25. The van der Waals surface area contributed by atoms with Crippen LogP contribution in [0.2, 0.25) is 0 Å². The van der Waals surface area contributed by atoms with Gasteiger partial charge in [-0.05, 0) is 31.0 Å². The van der Waals surface area contributed by atoms with E-state index < -0.39 is 11.6 Å². The van der Waals surface area contributed by atoms with Crippen LogP contribution in [0.1, 0.15) is 25.8 Å². The fourth-order valence-electron chi connectivity index (χ4n) is 1.39. The average Bonchev–Trinajstić information content (AvgIpc) is 2.14. The third kappa shape index (κ3) is 4.38. The Morgan fingerprint density at radius 2 is 2.00 bits per heavy atom. The fraction of sp³-hybridized carbons (Fsp3) is 0.500. The topological polar surface area (TPSA) is 12.0 Å². The minimum atomic E-state index is -0.517. The van der Waals surface area contributed by atoms with Gasteiger partial charge in [0.25, 0.3) is 0 Å². The van der Waals surface area contributed by atoms with Gasteiger partial charge in [-0.1, -0.05) is 19.9 Å². The highest BCUT2D eigenvalue weighted by Crippen LogP contribution is 2.11. The first kappa shape index (κ1) is 12.1. The minimum absolute atomic E-state index is 0.445. The van der Waals surface area contributed by atoms with E-state index in [0.717, 1.165) is 19.0 Å². The van der Waals surface area contributed by atoms with Crippen LogP contribution in [-0.4, -0.2) is 12.6 Å². The zero-order valence-corrected chi connectivity index (χ0v) is 9.19. The molecular weight excluding hydrogens is 196 g/mol. The first-order chi connectivity index (χ1) is 7.09. The van der Waals surface area contributed by atoms with Crippen LogP contribution in [0.3, 0.4) is 0 Å². The third-order valence-corrected chi connectivity index (χ3v) is 2.19. The van der Waals surface area contributed by atoms with E-state index in [1.165, 1.54) is 12.1 Å². The maximum absolute atomic E-state index is 13.2. The van der Waals surface area contributed by atoms with Crippen molar-refractivity contribution in [3.05, 3.63) is 35.4 Å². The largest absolute Gasteiger partial charge is 0.315 e. The summed E-state index contributed by atoms with van der Waals surface area (Å²) < 4.78 is 25.8. The highest BCUT2D eigenvalue weighted by atomic mass is 19.1. The Morgan fingerprint density at radius 3 is 2.60 bits per heavy atom. The smallest absolute Gasteiger partial charge is 0.129 e. The van der Waals surface area contributed by atoms with Crippen molar-refractivity contribution in [3.8, 4) is 0 Å². The van der Waals surface area contributed by atoms with Crippen molar-refractivity contribution in [3.63, 3.8) is 0 Å². The second kappa shape index (κ2) is 5.81. The molecule has 84 valence electrons. The Hall–Kier alpha value is -0.960. The quantitative estimate of drug-likeness (QED) is 0.741. The second-order valence-electron chi connectivity index (χ2n) is 3.95. The van der Waals surface area contributed by atoms with Crippen LogP contribution >= 0.6 is 0 Å². The molecule has 0 aliphatic carbocycles. The number of rotatable bonds is 5. The summed E-state index contributed by atoms with van der Waals surface area (Å²) in [6.45, 7) is 4.99. The van der Waals surface area contributed by atoms with Gasteiger partial charge in [0, 0.05) is 12.1 Å². The van der Waals surface area contributed by atoms with Gasteiger partial charge in [0.05, 0.1) is 0 Å². The Labute approximate surface area is 89.5 Å². The number of nitrogens with one attached hydrogen (secondary N) is 1. The van der Waals surface area contributed by atoms with Crippen LogP contribution in [0.15, 0.2) is 18.2 Å². The number of halogens is 2. The molecule has 3 heteroatoms. The van der Waals surface area contributed by atoms with Crippen molar-refractivity contribution in [2.75, 3.05) is 6.54 Å². The maximum atomic E-state index is 13.2. The van der Waals surface area contributed by atoms with E-state index in [0.29, 0.717) is 18.0 Å². The summed E-state index contributed by atoms with van der Waals surface area (Å²) in [5.74, 6) is -0.962. The Kier molecular flexibility index (Phi) is 4.69. The molecule has 1 rings (SSSR count). The van der Waals surface area contributed by atoms with Crippen molar-refractivity contribution in [2.24, 2.45) is 0 Å². The van der Waals surface area contributed by atoms with Crippen molar-refractivity contribution in [1.29, 1.82) is 0 Å². The van der Waals surface area contributed by atoms with E-state index in [4.69, 9.17) is 0 Å². The lowest BCUT2D eigenvalue weighted by atomic mass is 10.1. The van der Waals surface area contributed by atoms with Gasteiger partial charge in [-0.2, -0.15) is 0 Å². The van der Waals surface area contributed by atoms with Gasteiger partial charge >= 0.3 is 0 Å². The molecule has 0 saturated carbocycles. The molecule has 0 aliphatic rings. The van der Waals surface area contributed by atoms with E-state index in [1.54, 1.807) is 0 Å². The Balaban J connectivity index is 2.37. The lowest BCUT2D eigenvalue weighted by Gasteiger charge is -2.08. The molecule has 15 heavy (non-hydrogen) atoms. The third-order valence-electron chi connectivity index (χ3n) is 2.19. The molecule has 0 saturated heterocycles. The lowest BCUT2D eigenvalue weighted by molar-refractivity contribution is 0.550. The van der Waals surface area contributed by atoms with Gasteiger partial charge in [0.2, 0.25) is 0 Å². The molecule has 0 aromatic heterocycles. The molecule has 0 fully saturated rings. The van der Waals surface area contributed by atoms with Crippen molar-refractivity contribution < 1.29 is 8.78 Å². The summed E-state index contributed by atoms with van der Waals surface area (Å²) in [6.07, 6.45) is 1.51. The molecule has 0 amide bonds. The highest BCUT2D eigenvalue weighted by Gasteiger charge is 2.03. The first-order valence-corrected chi connectivity index (χ1v) is 5.27. The van der Waals surface area contributed by atoms with Gasteiger partial charge in [0.1, 0.15) is 11.6 Å². The summed E-state index contributed by atoms with van der Waals surface area (Å²) in [4.78, 5) is 0. The lowest BCUT2D eigenvalue weighted by Crippen LogP contribution is -2.24.